The van der Waals surface area contributed by atoms with Gasteiger partial charge in [0, 0.05) is 26.2 Å². The molecule has 0 unspecified atom stereocenters. The van der Waals surface area contributed by atoms with E-state index in [0.717, 1.165) is 23.0 Å². The first kappa shape index (κ1) is 20.9. The van der Waals surface area contributed by atoms with Crippen LogP contribution >= 0.6 is 24.0 Å². The second-order valence-corrected chi connectivity index (χ2v) is 5.21. The molecule has 7 nitrogen and oxygen atoms in total. The van der Waals surface area contributed by atoms with Crippen molar-refractivity contribution in [3.63, 3.8) is 0 Å². The quantitative estimate of drug-likeness (QED) is 0.289. The van der Waals surface area contributed by atoms with Crippen LogP contribution in [0.1, 0.15) is 17.2 Å². The summed E-state index contributed by atoms with van der Waals surface area (Å²) in [6.07, 6.45) is 1.73. The van der Waals surface area contributed by atoms with Crippen LogP contribution in [0.25, 0.3) is 0 Å². The van der Waals surface area contributed by atoms with E-state index in [2.05, 4.69) is 32.4 Å². The minimum absolute atomic E-state index is 0. The number of rotatable bonds is 7. The molecule has 0 aliphatic carbocycles. The molecule has 0 bridgehead atoms. The highest BCUT2D eigenvalue weighted by atomic mass is 127. The zero-order valence-corrected chi connectivity index (χ0v) is 17.2. The number of aryl methyl sites for hydroxylation is 1. The van der Waals surface area contributed by atoms with Crippen molar-refractivity contribution in [2.24, 2.45) is 12.0 Å². The lowest BCUT2D eigenvalue weighted by atomic mass is 10.2. The van der Waals surface area contributed by atoms with Gasteiger partial charge in [0.15, 0.2) is 11.8 Å². The van der Waals surface area contributed by atoms with E-state index >= 15 is 0 Å². The molecule has 1 aromatic carbocycles. The molecule has 25 heavy (non-hydrogen) atoms. The van der Waals surface area contributed by atoms with Crippen LogP contribution in [0.5, 0.6) is 5.75 Å². The Morgan fingerprint density at radius 2 is 2.00 bits per heavy atom. The lowest BCUT2D eigenvalue weighted by Gasteiger charge is -2.14. The van der Waals surface area contributed by atoms with Crippen molar-refractivity contribution in [2.75, 3.05) is 13.7 Å². The SMILES string of the molecule is C=CCOc1ccccc1CNC(=NC)NCc1nnc(C)n1C.I. The van der Waals surface area contributed by atoms with Crippen molar-refractivity contribution >= 4 is 29.9 Å². The van der Waals surface area contributed by atoms with E-state index in [1.165, 1.54) is 0 Å². The number of benzene rings is 1. The summed E-state index contributed by atoms with van der Waals surface area (Å²) in [5.74, 6) is 3.26. The average molecular weight is 456 g/mol. The van der Waals surface area contributed by atoms with E-state index < -0.39 is 0 Å². The van der Waals surface area contributed by atoms with Gasteiger partial charge in [-0.3, -0.25) is 4.99 Å². The lowest BCUT2D eigenvalue weighted by molar-refractivity contribution is 0.358. The van der Waals surface area contributed by atoms with Crippen molar-refractivity contribution < 1.29 is 4.74 Å². The van der Waals surface area contributed by atoms with Gasteiger partial charge in [0.2, 0.25) is 0 Å². The molecule has 1 heterocycles. The Balaban J connectivity index is 0.00000312. The largest absolute Gasteiger partial charge is 0.489 e. The van der Waals surface area contributed by atoms with Crippen molar-refractivity contribution in [2.45, 2.75) is 20.0 Å². The van der Waals surface area contributed by atoms with Crippen LogP contribution in [-0.2, 0) is 20.1 Å². The van der Waals surface area contributed by atoms with Crippen LogP contribution in [0.4, 0.5) is 0 Å². The van der Waals surface area contributed by atoms with Gasteiger partial charge in [-0.2, -0.15) is 0 Å². The summed E-state index contributed by atoms with van der Waals surface area (Å²) in [5.41, 5.74) is 1.05. The number of aromatic nitrogens is 3. The highest BCUT2D eigenvalue weighted by Gasteiger charge is 2.07. The summed E-state index contributed by atoms with van der Waals surface area (Å²) in [6.45, 7) is 7.22. The van der Waals surface area contributed by atoms with Gasteiger partial charge in [0.05, 0.1) is 6.54 Å². The number of nitrogens with one attached hydrogen (secondary N) is 2. The molecule has 0 atom stereocenters. The van der Waals surface area contributed by atoms with E-state index in [0.29, 0.717) is 25.7 Å². The topological polar surface area (TPSA) is 76.4 Å². The number of hydrogen-bond acceptors (Lipinski definition) is 4. The Bertz CT molecular complexity index is 713. The van der Waals surface area contributed by atoms with Gasteiger partial charge < -0.3 is 19.9 Å². The van der Waals surface area contributed by atoms with Gasteiger partial charge in [-0.15, -0.1) is 34.2 Å². The zero-order valence-electron chi connectivity index (χ0n) is 14.8. The van der Waals surface area contributed by atoms with E-state index in [1.807, 2.05) is 42.8 Å². The highest BCUT2D eigenvalue weighted by Crippen LogP contribution is 2.17. The summed E-state index contributed by atoms with van der Waals surface area (Å²) in [7, 11) is 3.67. The molecule has 2 rings (SSSR count). The van der Waals surface area contributed by atoms with Crippen molar-refractivity contribution in [3.8, 4) is 5.75 Å². The smallest absolute Gasteiger partial charge is 0.191 e. The van der Waals surface area contributed by atoms with E-state index in [1.54, 1.807) is 13.1 Å². The molecule has 0 amide bonds. The molecule has 136 valence electrons. The standard InChI is InChI=1S/C17H24N6O.HI/c1-5-10-24-15-9-7-6-8-14(15)11-19-17(18-3)20-12-16-22-21-13(2)23(16)4;/h5-9H,1,10-12H2,2-4H3,(H2,18,19,20);1H. The lowest BCUT2D eigenvalue weighted by Crippen LogP contribution is -2.37. The van der Waals surface area contributed by atoms with Crippen LogP contribution in [-0.4, -0.2) is 34.4 Å². The molecule has 2 N–H and O–H groups in total. The first-order chi connectivity index (χ1) is 11.7. The fourth-order valence-electron chi connectivity index (χ4n) is 2.11. The van der Waals surface area contributed by atoms with Crippen LogP contribution in [0.15, 0.2) is 41.9 Å². The zero-order chi connectivity index (χ0) is 17.4. The first-order valence-corrected chi connectivity index (χ1v) is 7.76. The highest BCUT2D eigenvalue weighted by molar-refractivity contribution is 14.0. The van der Waals surface area contributed by atoms with Gasteiger partial charge in [0.25, 0.3) is 0 Å². The van der Waals surface area contributed by atoms with Gasteiger partial charge in [-0.05, 0) is 13.0 Å². The number of ether oxygens (including phenoxy) is 1. The fourth-order valence-corrected chi connectivity index (χ4v) is 2.11. The molecule has 0 radical (unpaired) electrons. The average Bonchev–Trinajstić information content (AvgIpc) is 2.93. The molecule has 1 aromatic heterocycles. The molecule has 2 aromatic rings. The summed E-state index contributed by atoms with van der Waals surface area (Å²) >= 11 is 0. The van der Waals surface area contributed by atoms with Gasteiger partial charge >= 0.3 is 0 Å². The Labute approximate surface area is 165 Å². The normalized spacial score (nSPS) is 10.8. The molecule has 0 saturated carbocycles. The number of halogens is 1. The van der Waals surface area contributed by atoms with Gasteiger partial charge in [0.1, 0.15) is 18.2 Å². The Hall–Kier alpha value is -2.10. The third kappa shape index (κ3) is 6.04. The van der Waals surface area contributed by atoms with E-state index in [9.17, 15) is 0 Å². The van der Waals surface area contributed by atoms with Gasteiger partial charge in [-0.25, -0.2) is 0 Å². The number of para-hydroxylation sites is 1. The monoisotopic (exact) mass is 456 g/mol. The number of hydrogen-bond donors (Lipinski definition) is 2. The summed E-state index contributed by atoms with van der Waals surface area (Å²) in [6, 6.07) is 7.89. The summed E-state index contributed by atoms with van der Waals surface area (Å²) in [5, 5.41) is 14.7. The minimum atomic E-state index is 0. The van der Waals surface area contributed by atoms with Crippen LogP contribution in [0.2, 0.25) is 0 Å². The maximum Gasteiger partial charge on any atom is 0.191 e. The molecule has 0 fully saturated rings. The van der Waals surface area contributed by atoms with E-state index in [4.69, 9.17) is 4.74 Å². The van der Waals surface area contributed by atoms with Crippen molar-refractivity contribution in [1.29, 1.82) is 0 Å². The third-order valence-electron chi connectivity index (χ3n) is 3.60. The van der Waals surface area contributed by atoms with Crippen LogP contribution < -0.4 is 15.4 Å². The maximum absolute atomic E-state index is 5.66. The number of nitrogens with zero attached hydrogens (tertiary/aromatic N) is 4. The molecule has 0 spiro atoms. The second kappa shape index (κ2) is 10.7. The maximum atomic E-state index is 5.66. The van der Waals surface area contributed by atoms with Crippen molar-refractivity contribution in [3.05, 3.63) is 54.1 Å². The van der Waals surface area contributed by atoms with Crippen LogP contribution in [0, 0.1) is 6.92 Å². The summed E-state index contributed by atoms with van der Waals surface area (Å²) < 4.78 is 7.60. The first-order valence-electron chi connectivity index (χ1n) is 7.76. The molecule has 0 aliphatic rings. The number of guanidine groups is 1. The minimum Gasteiger partial charge on any atom is -0.489 e. The number of aliphatic imine (C=N–C) groups is 1. The third-order valence-corrected chi connectivity index (χ3v) is 3.60. The Morgan fingerprint density at radius 3 is 2.64 bits per heavy atom. The Kier molecular flexibility index (Phi) is 8.96. The Morgan fingerprint density at radius 1 is 1.28 bits per heavy atom. The molecule has 8 heteroatoms. The van der Waals surface area contributed by atoms with Gasteiger partial charge in [-0.1, -0.05) is 30.9 Å². The molecule has 0 saturated heterocycles. The van der Waals surface area contributed by atoms with Crippen LogP contribution in [0.3, 0.4) is 0 Å². The molecular weight excluding hydrogens is 431 g/mol. The fraction of sp³-hybridized carbons (Fsp3) is 0.353. The predicted molar refractivity (Wildman–Crippen MR) is 110 cm³/mol. The second-order valence-electron chi connectivity index (χ2n) is 5.21. The molecular formula is C17H25IN6O. The van der Waals surface area contributed by atoms with E-state index in [-0.39, 0.29) is 24.0 Å². The predicted octanol–water partition coefficient (Wildman–Crippen LogP) is 2.17. The molecule has 0 aliphatic heterocycles. The van der Waals surface area contributed by atoms with Crippen molar-refractivity contribution in [1.82, 2.24) is 25.4 Å². The summed E-state index contributed by atoms with van der Waals surface area (Å²) in [4.78, 5) is 4.23.